The lowest BCUT2D eigenvalue weighted by molar-refractivity contribution is 0.409. The van der Waals surface area contributed by atoms with Gasteiger partial charge in [-0.15, -0.1) is 0 Å². The van der Waals surface area contributed by atoms with Gasteiger partial charge in [-0.25, -0.2) is 0 Å². The molecule has 0 heterocycles. The van der Waals surface area contributed by atoms with Gasteiger partial charge in [0.15, 0.2) is 5.96 Å². The molecule has 3 rings (SSSR count). The van der Waals surface area contributed by atoms with Crippen LogP contribution in [0.15, 0.2) is 65.7 Å². The first kappa shape index (κ1) is 18.6. The molecule has 0 aliphatic rings. The predicted molar refractivity (Wildman–Crippen MR) is 111 cm³/mol. The van der Waals surface area contributed by atoms with Crippen LogP contribution in [0, 0.1) is 0 Å². The zero-order chi connectivity index (χ0) is 19.1. The third-order valence-electron chi connectivity index (χ3n) is 4.43. The number of ether oxygens (including phenoxy) is 2. The molecule has 5 heteroatoms. The second kappa shape index (κ2) is 8.94. The number of aliphatic imine (C=N–C) groups is 1. The molecule has 3 aromatic carbocycles. The number of hydrogen-bond donors (Lipinski definition) is 2. The molecule has 0 atom stereocenters. The van der Waals surface area contributed by atoms with Gasteiger partial charge in [-0.1, -0.05) is 36.4 Å². The largest absolute Gasteiger partial charge is 0.497 e. The van der Waals surface area contributed by atoms with Crippen LogP contribution in [0.2, 0.25) is 0 Å². The van der Waals surface area contributed by atoms with Gasteiger partial charge in [0.1, 0.15) is 11.5 Å². The molecule has 5 nitrogen and oxygen atoms in total. The number of nitrogens with zero attached hydrogens (tertiary/aromatic N) is 1. The Morgan fingerprint density at radius 1 is 0.852 bits per heavy atom. The van der Waals surface area contributed by atoms with Gasteiger partial charge >= 0.3 is 0 Å². The van der Waals surface area contributed by atoms with Crippen LogP contribution < -0.4 is 20.1 Å². The summed E-state index contributed by atoms with van der Waals surface area (Å²) in [5.41, 5.74) is 2.27. The van der Waals surface area contributed by atoms with E-state index >= 15 is 0 Å². The lowest BCUT2D eigenvalue weighted by Crippen LogP contribution is -2.36. The van der Waals surface area contributed by atoms with Crippen molar-refractivity contribution in [1.82, 2.24) is 10.6 Å². The van der Waals surface area contributed by atoms with E-state index in [1.165, 1.54) is 10.9 Å². The topological polar surface area (TPSA) is 54.9 Å². The van der Waals surface area contributed by atoms with E-state index in [1.54, 1.807) is 21.3 Å². The molecule has 0 amide bonds. The van der Waals surface area contributed by atoms with Gasteiger partial charge in [0, 0.05) is 25.7 Å². The first-order valence-electron chi connectivity index (χ1n) is 8.86. The maximum Gasteiger partial charge on any atom is 0.191 e. The fraction of sp³-hybridized carbons (Fsp3) is 0.227. The summed E-state index contributed by atoms with van der Waals surface area (Å²) in [5, 5.41) is 9.03. The van der Waals surface area contributed by atoms with Crippen LogP contribution in [-0.2, 0) is 13.1 Å². The van der Waals surface area contributed by atoms with Gasteiger partial charge in [0.25, 0.3) is 0 Å². The molecule has 0 radical (unpaired) electrons. The number of nitrogens with one attached hydrogen (secondary N) is 2. The minimum Gasteiger partial charge on any atom is -0.497 e. The second-order valence-corrected chi connectivity index (χ2v) is 6.14. The Hall–Kier alpha value is -3.21. The van der Waals surface area contributed by atoms with E-state index in [1.807, 2.05) is 36.4 Å². The van der Waals surface area contributed by atoms with Crippen molar-refractivity contribution in [1.29, 1.82) is 0 Å². The maximum absolute atomic E-state index is 5.39. The molecule has 2 N–H and O–H groups in total. The number of guanidine groups is 1. The van der Waals surface area contributed by atoms with E-state index in [0.717, 1.165) is 28.4 Å². The smallest absolute Gasteiger partial charge is 0.191 e. The van der Waals surface area contributed by atoms with Crippen LogP contribution in [0.1, 0.15) is 11.1 Å². The average molecular weight is 363 g/mol. The van der Waals surface area contributed by atoms with Gasteiger partial charge in [-0.2, -0.15) is 0 Å². The van der Waals surface area contributed by atoms with Gasteiger partial charge in [-0.05, 0) is 40.6 Å². The Morgan fingerprint density at radius 3 is 2.37 bits per heavy atom. The highest BCUT2D eigenvalue weighted by Gasteiger charge is 2.04. The van der Waals surface area contributed by atoms with Crippen LogP contribution in [0.5, 0.6) is 11.5 Å². The number of rotatable bonds is 6. The highest BCUT2D eigenvalue weighted by Crippen LogP contribution is 2.22. The van der Waals surface area contributed by atoms with E-state index in [9.17, 15) is 0 Å². The first-order valence-corrected chi connectivity index (χ1v) is 8.86. The predicted octanol–water partition coefficient (Wildman–Crippen LogP) is 3.72. The van der Waals surface area contributed by atoms with Crippen LogP contribution in [0.3, 0.4) is 0 Å². The van der Waals surface area contributed by atoms with Crippen molar-refractivity contribution in [2.75, 3.05) is 21.3 Å². The zero-order valence-electron chi connectivity index (χ0n) is 16.0. The molecular weight excluding hydrogens is 338 g/mol. The van der Waals surface area contributed by atoms with Crippen molar-refractivity contribution in [2.45, 2.75) is 13.1 Å². The lowest BCUT2D eigenvalue weighted by Gasteiger charge is -2.14. The molecule has 3 aromatic rings. The average Bonchev–Trinajstić information content (AvgIpc) is 2.73. The summed E-state index contributed by atoms with van der Waals surface area (Å²) in [5.74, 6) is 2.48. The van der Waals surface area contributed by atoms with Crippen molar-refractivity contribution in [3.05, 3.63) is 71.8 Å². The van der Waals surface area contributed by atoms with Crippen LogP contribution in [0.25, 0.3) is 10.8 Å². The summed E-state index contributed by atoms with van der Waals surface area (Å²) in [6.45, 7) is 1.33. The molecule has 0 saturated carbocycles. The second-order valence-electron chi connectivity index (χ2n) is 6.14. The number of methoxy groups -OCH3 is 2. The maximum atomic E-state index is 5.39. The minimum absolute atomic E-state index is 0.640. The minimum atomic E-state index is 0.640. The van der Waals surface area contributed by atoms with Crippen molar-refractivity contribution >= 4 is 16.7 Å². The molecule has 0 aromatic heterocycles. The van der Waals surface area contributed by atoms with Gasteiger partial charge < -0.3 is 20.1 Å². The summed E-state index contributed by atoms with van der Waals surface area (Å²) < 4.78 is 10.7. The molecule has 0 unspecified atom stereocenters. The number of fused-ring (bicyclic) bond motifs is 1. The summed E-state index contributed by atoms with van der Waals surface area (Å²) in [4.78, 5) is 4.30. The molecule has 0 bridgehead atoms. The Labute approximate surface area is 160 Å². The van der Waals surface area contributed by atoms with E-state index in [0.29, 0.717) is 13.1 Å². The lowest BCUT2D eigenvalue weighted by atomic mass is 10.1. The quantitative estimate of drug-likeness (QED) is 0.518. The normalized spacial score (nSPS) is 11.3. The molecule has 0 aliphatic heterocycles. The molecule has 140 valence electrons. The van der Waals surface area contributed by atoms with E-state index in [-0.39, 0.29) is 0 Å². The van der Waals surface area contributed by atoms with Crippen LogP contribution >= 0.6 is 0 Å². The SMILES string of the molecule is CN=C(NCc1ccc2cc(OC)ccc2c1)NCc1ccccc1OC. The summed E-state index contributed by atoms with van der Waals surface area (Å²) in [6, 6.07) is 20.5. The Balaban J connectivity index is 1.61. The molecule has 0 fully saturated rings. The summed E-state index contributed by atoms with van der Waals surface area (Å²) in [6.07, 6.45) is 0. The molecular formula is C22H25N3O2. The number of benzene rings is 3. The molecule has 0 aliphatic carbocycles. The third kappa shape index (κ3) is 4.70. The van der Waals surface area contributed by atoms with Gasteiger partial charge in [0.05, 0.1) is 14.2 Å². The van der Waals surface area contributed by atoms with Crippen molar-refractivity contribution in [3.63, 3.8) is 0 Å². The Morgan fingerprint density at radius 2 is 1.59 bits per heavy atom. The first-order chi connectivity index (χ1) is 13.2. The summed E-state index contributed by atoms with van der Waals surface area (Å²) in [7, 11) is 5.13. The zero-order valence-corrected chi connectivity index (χ0v) is 16.0. The standard InChI is InChI=1S/C22H25N3O2/c1-23-22(25-15-19-6-4-5-7-21(19)27-3)24-14-16-8-9-18-13-20(26-2)11-10-17(18)12-16/h4-13H,14-15H2,1-3H3,(H2,23,24,25). The molecule has 0 saturated heterocycles. The summed E-state index contributed by atoms with van der Waals surface area (Å²) >= 11 is 0. The van der Waals surface area contributed by atoms with Crippen molar-refractivity contribution < 1.29 is 9.47 Å². The van der Waals surface area contributed by atoms with Crippen LogP contribution in [0.4, 0.5) is 0 Å². The fourth-order valence-electron chi connectivity index (χ4n) is 2.94. The highest BCUT2D eigenvalue weighted by molar-refractivity contribution is 5.85. The van der Waals surface area contributed by atoms with Crippen molar-refractivity contribution in [3.8, 4) is 11.5 Å². The number of hydrogen-bond acceptors (Lipinski definition) is 3. The monoisotopic (exact) mass is 363 g/mol. The van der Waals surface area contributed by atoms with E-state index in [2.05, 4.69) is 39.9 Å². The Bertz CT molecular complexity index is 938. The van der Waals surface area contributed by atoms with Crippen LogP contribution in [-0.4, -0.2) is 27.2 Å². The molecule has 0 spiro atoms. The highest BCUT2D eigenvalue weighted by atomic mass is 16.5. The fourth-order valence-corrected chi connectivity index (χ4v) is 2.94. The molecule has 27 heavy (non-hydrogen) atoms. The Kier molecular flexibility index (Phi) is 6.15. The van der Waals surface area contributed by atoms with Gasteiger partial charge in [-0.3, -0.25) is 4.99 Å². The third-order valence-corrected chi connectivity index (χ3v) is 4.43. The van der Waals surface area contributed by atoms with Gasteiger partial charge in [0.2, 0.25) is 0 Å². The number of para-hydroxylation sites is 1. The van der Waals surface area contributed by atoms with E-state index in [4.69, 9.17) is 9.47 Å². The van der Waals surface area contributed by atoms with E-state index < -0.39 is 0 Å². The van der Waals surface area contributed by atoms with Crippen molar-refractivity contribution in [2.24, 2.45) is 4.99 Å².